The summed E-state index contributed by atoms with van der Waals surface area (Å²) in [6.45, 7) is 3.36. The molecule has 122 valence electrons. The Balaban J connectivity index is 1.58. The highest BCUT2D eigenvalue weighted by Gasteiger charge is 2.27. The van der Waals surface area contributed by atoms with Gasteiger partial charge in [-0.15, -0.1) is 0 Å². The Labute approximate surface area is 139 Å². The fourth-order valence-electron chi connectivity index (χ4n) is 2.43. The third-order valence-corrected chi connectivity index (χ3v) is 3.95. The van der Waals surface area contributed by atoms with Gasteiger partial charge in [-0.25, -0.2) is 4.98 Å². The summed E-state index contributed by atoms with van der Waals surface area (Å²) >= 11 is 6.02. The lowest BCUT2D eigenvalue weighted by Crippen LogP contribution is -2.44. The van der Waals surface area contributed by atoms with Crippen LogP contribution in [0.1, 0.15) is 17.6 Å². The molecule has 1 fully saturated rings. The monoisotopic (exact) mass is 335 g/mol. The van der Waals surface area contributed by atoms with E-state index < -0.39 is 0 Å². The van der Waals surface area contributed by atoms with E-state index in [-0.39, 0.29) is 18.6 Å². The number of nitrogens with one attached hydrogen (secondary N) is 1. The second-order valence-corrected chi connectivity index (χ2v) is 5.78. The van der Waals surface area contributed by atoms with Crippen LogP contribution >= 0.6 is 11.6 Å². The van der Waals surface area contributed by atoms with Crippen LogP contribution in [0.15, 0.2) is 30.5 Å². The molecule has 6 nitrogen and oxygen atoms in total. The number of imidazole rings is 1. The van der Waals surface area contributed by atoms with Gasteiger partial charge in [-0.2, -0.15) is 0 Å². The predicted molar refractivity (Wildman–Crippen MR) is 85.5 cm³/mol. The number of aromatic amines is 1. The molecule has 0 spiro atoms. The maximum absolute atomic E-state index is 12.3. The van der Waals surface area contributed by atoms with Crippen molar-refractivity contribution in [3.8, 4) is 5.75 Å². The highest BCUT2D eigenvalue weighted by atomic mass is 35.5. The number of benzene rings is 1. The summed E-state index contributed by atoms with van der Waals surface area (Å²) in [5.74, 6) is 1.16. The summed E-state index contributed by atoms with van der Waals surface area (Å²) in [4.78, 5) is 21.5. The zero-order valence-electron chi connectivity index (χ0n) is 12.8. The normalized spacial score (nSPS) is 18.0. The molecule has 7 heteroatoms. The molecule has 23 heavy (non-hydrogen) atoms. The lowest BCUT2D eigenvalue weighted by Gasteiger charge is -2.32. The number of H-pyrrole nitrogens is 1. The molecule has 1 amide bonds. The largest absolute Gasteiger partial charge is 0.482 e. The van der Waals surface area contributed by atoms with Crippen LogP contribution in [-0.4, -0.2) is 47.1 Å². The number of aromatic nitrogens is 2. The van der Waals surface area contributed by atoms with E-state index in [1.807, 2.05) is 19.1 Å². The Kier molecular flexibility index (Phi) is 4.83. The summed E-state index contributed by atoms with van der Waals surface area (Å²) in [7, 11) is 0. The van der Waals surface area contributed by atoms with Crippen LogP contribution in [0, 0.1) is 6.92 Å². The maximum Gasteiger partial charge on any atom is 0.260 e. The second kappa shape index (κ2) is 7.02. The molecule has 2 aromatic rings. The number of hydrogen-bond donors (Lipinski definition) is 1. The zero-order valence-corrected chi connectivity index (χ0v) is 13.5. The first-order chi connectivity index (χ1) is 11.1. The van der Waals surface area contributed by atoms with Gasteiger partial charge in [0.15, 0.2) is 6.61 Å². The number of rotatable bonds is 4. The molecule has 1 aromatic heterocycles. The lowest BCUT2D eigenvalue weighted by atomic mass is 10.2. The lowest BCUT2D eigenvalue weighted by molar-refractivity contribution is -0.141. The third-order valence-electron chi connectivity index (χ3n) is 3.63. The molecular weight excluding hydrogens is 318 g/mol. The predicted octanol–water partition coefficient (Wildman–Crippen LogP) is 2.35. The number of carbonyl (C=O) groups excluding carboxylic acids is 1. The first kappa shape index (κ1) is 15.8. The Hall–Kier alpha value is -2.05. The molecule has 2 heterocycles. The van der Waals surface area contributed by atoms with E-state index in [9.17, 15) is 4.79 Å². The molecule has 1 atom stereocenters. The molecule has 0 radical (unpaired) electrons. The van der Waals surface area contributed by atoms with E-state index in [0.29, 0.717) is 30.5 Å². The van der Waals surface area contributed by atoms with Crippen molar-refractivity contribution in [1.82, 2.24) is 14.9 Å². The van der Waals surface area contributed by atoms with Crippen molar-refractivity contribution in [3.05, 3.63) is 47.0 Å². The highest BCUT2D eigenvalue weighted by Crippen LogP contribution is 2.24. The average molecular weight is 336 g/mol. The van der Waals surface area contributed by atoms with Crippen molar-refractivity contribution in [2.24, 2.45) is 0 Å². The fourth-order valence-corrected chi connectivity index (χ4v) is 2.62. The van der Waals surface area contributed by atoms with Gasteiger partial charge in [0.1, 0.15) is 17.7 Å². The molecule has 1 unspecified atom stereocenters. The van der Waals surface area contributed by atoms with E-state index in [1.165, 1.54) is 0 Å². The molecule has 1 aliphatic heterocycles. The minimum Gasteiger partial charge on any atom is -0.482 e. The van der Waals surface area contributed by atoms with Crippen molar-refractivity contribution in [2.75, 3.05) is 26.3 Å². The van der Waals surface area contributed by atoms with Crippen molar-refractivity contribution in [3.63, 3.8) is 0 Å². The number of ether oxygens (including phenoxy) is 2. The van der Waals surface area contributed by atoms with Crippen molar-refractivity contribution >= 4 is 17.5 Å². The van der Waals surface area contributed by atoms with Crippen molar-refractivity contribution in [1.29, 1.82) is 0 Å². The Bertz CT molecular complexity index is 689. The van der Waals surface area contributed by atoms with E-state index >= 15 is 0 Å². The van der Waals surface area contributed by atoms with Gasteiger partial charge in [0, 0.05) is 18.4 Å². The number of morpholine rings is 1. The number of para-hydroxylation sites is 1. The van der Waals surface area contributed by atoms with Gasteiger partial charge in [-0.3, -0.25) is 4.79 Å². The van der Waals surface area contributed by atoms with Crippen LogP contribution in [0.4, 0.5) is 0 Å². The topological polar surface area (TPSA) is 67.5 Å². The number of carbonyl (C=O) groups is 1. The zero-order chi connectivity index (χ0) is 16.2. The second-order valence-electron chi connectivity index (χ2n) is 5.37. The smallest absolute Gasteiger partial charge is 0.260 e. The Morgan fingerprint density at radius 3 is 3.09 bits per heavy atom. The van der Waals surface area contributed by atoms with Crippen LogP contribution in [-0.2, 0) is 9.53 Å². The molecular formula is C16H18ClN3O3. The summed E-state index contributed by atoms with van der Waals surface area (Å²) in [5, 5.41) is 0.492. The average Bonchev–Trinajstić information content (AvgIpc) is 3.00. The van der Waals surface area contributed by atoms with Crippen molar-refractivity contribution < 1.29 is 14.3 Å². The standard InChI is InChI=1S/C16H18ClN3O3/c1-11-8-18-16(19-11)14-9-20(6-7-22-14)15(21)10-23-13-5-3-2-4-12(13)17/h2-5,8,14H,6-7,9-10H2,1H3,(H,18,19). The number of hydrogen-bond acceptors (Lipinski definition) is 4. The van der Waals surface area contributed by atoms with Gasteiger partial charge in [-0.05, 0) is 19.1 Å². The van der Waals surface area contributed by atoms with Gasteiger partial charge in [0.25, 0.3) is 5.91 Å². The molecule has 1 aromatic carbocycles. The fraction of sp³-hybridized carbons (Fsp3) is 0.375. The van der Waals surface area contributed by atoms with Gasteiger partial charge < -0.3 is 19.4 Å². The summed E-state index contributed by atoms with van der Waals surface area (Å²) in [6, 6.07) is 7.10. The van der Waals surface area contributed by atoms with E-state index in [1.54, 1.807) is 23.2 Å². The minimum absolute atomic E-state index is 0.0480. The maximum atomic E-state index is 12.3. The molecule has 0 saturated carbocycles. The molecule has 1 saturated heterocycles. The van der Waals surface area contributed by atoms with E-state index in [4.69, 9.17) is 21.1 Å². The molecule has 3 rings (SSSR count). The number of aryl methyl sites for hydroxylation is 1. The van der Waals surface area contributed by atoms with Crippen LogP contribution in [0.25, 0.3) is 0 Å². The van der Waals surface area contributed by atoms with E-state index in [2.05, 4.69) is 9.97 Å². The quantitative estimate of drug-likeness (QED) is 0.931. The van der Waals surface area contributed by atoms with Crippen LogP contribution in [0.2, 0.25) is 5.02 Å². The first-order valence-electron chi connectivity index (χ1n) is 7.41. The third kappa shape index (κ3) is 3.83. The number of halogens is 1. The summed E-state index contributed by atoms with van der Waals surface area (Å²) < 4.78 is 11.2. The first-order valence-corrected chi connectivity index (χ1v) is 7.79. The Morgan fingerprint density at radius 2 is 2.35 bits per heavy atom. The van der Waals surface area contributed by atoms with E-state index in [0.717, 1.165) is 11.5 Å². The summed E-state index contributed by atoms with van der Waals surface area (Å²) in [6.07, 6.45) is 1.52. The van der Waals surface area contributed by atoms with Gasteiger partial charge >= 0.3 is 0 Å². The summed E-state index contributed by atoms with van der Waals surface area (Å²) in [5.41, 5.74) is 0.967. The molecule has 1 N–H and O–H groups in total. The van der Waals surface area contributed by atoms with Gasteiger partial charge in [0.2, 0.25) is 0 Å². The highest BCUT2D eigenvalue weighted by molar-refractivity contribution is 6.32. The molecule has 0 aliphatic carbocycles. The van der Waals surface area contributed by atoms with Gasteiger partial charge in [-0.1, -0.05) is 23.7 Å². The number of amides is 1. The number of nitrogens with zero attached hydrogens (tertiary/aromatic N) is 2. The van der Waals surface area contributed by atoms with Crippen LogP contribution in [0.3, 0.4) is 0 Å². The minimum atomic E-state index is -0.235. The van der Waals surface area contributed by atoms with Crippen LogP contribution in [0.5, 0.6) is 5.75 Å². The van der Waals surface area contributed by atoms with Crippen molar-refractivity contribution in [2.45, 2.75) is 13.0 Å². The SMILES string of the molecule is Cc1cnc(C2CN(C(=O)COc3ccccc3Cl)CCO2)[nH]1. The Morgan fingerprint density at radius 1 is 1.52 bits per heavy atom. The molecule has 0 bridgehead atoms. The van der Waals surface area contributed by atoms with Gasteiger partial charge in [0.05, 0.1) is 18.2 Å². The molecule has 1 aliphatic rings. The van der Waals surface area contributed by atoms with Crippen LogP contribution < -0.4 is 4.74 Å².